The lowest BCUT2D eigenvalue weighted by Crippen LogP contribution is -2.42. The Morgan fingerprint density at radius 2 is 1.83 bits per heavy atom. The van der Waals surface area contributed by atoms with E-state index in [1.165, 1.54) is 16.6 Å². The van der Waals surface area contributed by atoms with Gasteiger partial charge in [0.25, 0.3) is 11.5 Å². The Hall–Kier alpha value is -3.43. The zero-order valence-corrected chi connectivity index (χ0v) is 21.7. The van der Waals surface area contributed by atoms with Crippen LogP contribution in [0, 0.1) is 13.8 Å². The molecule has 2 amide bonds. The van der Waals surface area contributed by atoms with Crippen molar-refractivity contribution in [2.24, 2.45) is 0 Å². The molecule has 9 heteroatoms. The zero-order chi connectivity index (χ0) is 25.2. The minimum atomic E-state index is -0.398. The monoisotopic (exact) mass is 518 g/mol. The summed E-state index contributed by atoms with van der Waals surface area (Å²) in [6.07, 6.45) is 4.08. The number of rotatable bonds is 5. The number of aromatic nitrogens is 2. The molecular formula is C27H26N4O3S2. The number of hydrazine groups is 1. The topological polar surface area (TPSA) is 93.1 Å². The molecule has 0 aliphatic heterocycles. The molecule has 0 fully saturated rings. The molecule has 1 aliphatic rings. The maximum atomic E-state index is 13.9. The highest BCUT2D eigenvalue weighted by atomic mass is 32.2. The largest absolute Gasteiger partial charge is 0.272 e. The van der Waals surface area contributed by atoms with Gasteiger partial charge in [0.15, 0.2) is 5.16 Å². The lowest BCUT2D eigenvalue weighted by molar-refractivity contribution is -0.119. The fourth-order valence-corrected chi connectivity index (χ4v) is 6.61. The Morgan fingerprint density at radius 1 is 1.06 bits per heavy atom. The lowest BCUT2D eigenvalue weighted by Gasteiger charge is -2.16. The number of thioether (sulfide) groups is 1. The summed E-state index contributed by atoms with van der Waals surface area (Å²) in [4.78, 5) is 45.5. The summed E-state index contributed by atoms with van der Waals surface area (Å²) in [5.74, 6) is -0.802. The molecule has 36 heavy (non-hydrogen) atoms. The third kappa shape index (κ3) is 4.81. The molecule has 0 radical (unpaired) electrons. The summed E-state index contributed by atoms with van der Waals surface area (Å²) < 4.78 is 1.64. The quantitative estimate of drug-likeness (QED) is 0.231. The van der Waals surface area contributed by atoms with E-state index in [0.717, 1.165) is 52.9 Å². The maximum absolute atomic E-state index is 13.9. The van der Waals surface area contributed by atoms with Gasteiger partial charge in [0.2, 0.25) is 5.91 Å². The van der Waals surface area contributed by atoms with Crippen molar-refractivity contribution in [1.82, 2.24) is 20.4 Å². The first-order valence-electron chi connectivity index (χ1n) is 11.8. The van der Waals surface area contributed by atoms with Gasteiger partial charge < -0.3 is 0 Å². The van der Waals surface area contributed by atoms with Gasteiger partial charge in [-0.3, -0.25) is 29.8 Å². The van der Waals surface area contributed by atoms with Gasteiger partial charge in [0, 0.05) is 10.4 Å². The van der Waals surface area contributed by atoms with Gasteiger partial charge in [-0.25, -0.2) is 4.98 Å². The van der Waals surface area contributed by atoms with Crippen molar-refractivity contribution in [3.05, 3.63) is 86.0 Å². The highest BCUT2D eigenvalue weighted by Gasteiger charge is 2.24. The Labute approximate surface area is 216 Å². The van der Waals surface area contributed by atoms with Crippen molar-refractivity contribution < 1.29 is 9.59 Å². The molecule has 7 nitrogen and oxygen atoms in total. The van der Waals surface area contributed by atoms with E-state index in [1.54, 1.807) is 40.2 Å². The van der Waals surface area contributed by atoms with Crippen LogP contribution in [-0.2, 0) is 17.6 Å². The van der Waals surface area contributed by atoms with Crippen LogP contribution in [0.15, 0.2) is 58.5 Å². The number of thiophene rings is 1. The van der Waals surface area contributed by atoms with E-state index >= 15 is 0 Å². The molecule has 0 saturated heterocycles. The van der Waals surface area contributed by atoms with Crippen LogP contribution in [0.4, 0.5) is 0 Å². The Balaban J connectivity index is 1.45. The number of nitrogens with zero attached hydrogens (tertiary/aromatic N) is 2. The first-order valence-corrected chi connectivity index (χ1v) is 13.6. The highest BCUT2D eigenvalue weighted by molar-refractivity contribution is 7.99. The van der Waals surface area contributed by atoms with E-state index in [2.05, 4.69) is 10.9 Å². The van der Waals surface area contributed by atoms with E-state index in [-0.39, 0.29) is 11.3 Å². The van der Waals surface area contributed by atoms with Crippen LogP contribution in [0.5, 0.6) is 0 Å². The Bertz CT molecular complexity index is 1530. The molecule has 2 aromatic heterocycles. The number of hydrogen-bond acceptors (Lipinski definition) is 6. The SMILES string of the molecule is Cc1ccc(-n2c(SCC(=O)NNC(=O)c3ccccc3)nc3sc4c(c3c2=O)CCCC4)c(C)c1. The fourth-order valence-electron chi connectivity index (χ4n) is 4.51. The standard InChI is InChI=1S/C27H26N4O3S2/c1-16-12-13-20(17(2)14-16)31-26(34)23-19-10-6-7-11-21(19)36-25(23)28-27(31)35-15-22(32)29-30-24(33)18-8-4-3-5-9-18/h3-5,8-9,12-14H,6-7,10-11,15H2,1-2H3,(H,29,32)(H,30,33). The molecule has 0 saturated carbocycles. The van der Waals surface area contributed by atoms with Crippen molar-refractivity contribution in [2.45, 2.75) is 44.7 Å². The minimum Gasteiger partial charge on any atom is -0.272 e. The van der Waals surface area contributed by atoms with Crippen LogP contribution in [0.1, 0.15) is 44.8 Å². The van der Waals surface area contributed by atoms with Crippen molar-refractivity contribution in [3.63, 3.8) is 0 Å². The number of amides is 2. The summed E-state index contributed by atoms with van der Waals surface area (Å²) >= 11 is 2.77. The van der Waals surface area contributed by atoms with Crippen molar-refractivity contribution in [1.29, 1.82) is 0 Å². The van der Waals surface area contributed by atoms with Gasteiger partial charge in [0.1, 0.15) is 4.83 Å². The number of nitrogens with one attached hydrogen (secondary N) is 2. The minimum absolute atomic E-state index is 0.0109. The van der Waals surface area contributed by atoms with Crippen LogP contribution in [0.3, 0.4) is 0 Å². The third-order valence-electron chi connectivity index (χ3n) is 6.24. The third-order valence-corrected chi connectivity index (χ3v) is 8.36. The van der Waals surface area contributed by atoms with Crippen LogP contribution < -0.4 is 16.4 Å². The smallest absolute Gasteiger partial charge is 0.269 e. The average molecular weight is 519 g/mol. The number of carbonyl (C=O) groups is 2. The number of aryl methyl sites for hydroxylation is 4. The summed E-state index contributed by atoms with van der Waals surface area (Å²) in [5, 5.41) is 1.17. The molecule has 2 heterocycles. The zero-order valence-electron chi connectivity index (χ0n) is 20.1. The Morgan fingerprint density at radius 3 is 2.61 bits per heavy atom. The van der Waals surface area contributed by atoms with Crippen LogP contribution in [0.2, 0.25) is 0 Å². The normalized spacial score (nSPS) is 12.8. The van der Waals surface area contributed by atoms with Gasteiger partial charge in [0.05, 0.1) is 16.8 Å². The second-order valence-corrected chi connectivity index (χ2v) is 10.9. The van der Waals surface area contributed by atoms with Gasteiger partial charge in [-0.15, -0.1) is 11.3 Å². The van der Waals surface area contributed by atoms with Crippen LogP contribution in [-0.4, -0.2) is 27.1 Å². The Kier molecular flexibility index (Phi) is 6.93. The van der Waals surface area contributed by atoms with Gasteiger partial charge >= 0.3 is 0 Å². The molecule has 2 N–H and O–H groups in total. The van der Waals surface area contributed by atoms with E-state index in [0.29, 0.717) is 16.1 Å². The molecule has 0 bridgehead atoms. The summed E-state index contributed by atoms with van der Waals surface area (Å²) in [6, 6.07) is 14.6. The second-order valence-electron chi connectivity index (χ2n) is 8.87. The second kappa shape index (κ2) is 10.3. The van der Waals surface area contributed by atoms with Crippen molar-refractivity contribution >= 4 is 45.1 Å². The van der Waals surface area contributed by atoms with Gasteiger partial charge in [-0.05, 0) is 68.9 Å². The molecule has 0 atom stereocenters. The van der Waals surface area contributed by atoms with E-state index < -0.39 is 11.8 Å². The number of carbonyl (C=O) groups excluding carboxylic acids is 2. The molecule has 4 aromatic rings. The highest BCUT2D eigenvalue weighted by Crippen LogP contribution is 2.35. The number of benzene rings is 2. The number of fused-ring (bicyclic) bond motifs is 3. The van der Waals surface area contributed by atoms with Crippen molar-refractivity contribution in [3.8, 4) is 5.69 Å². The van der Waals surface area contributed by atoms with Crippen molar-refractivity contribution in [2.75, 3.05) is 5.75 Å². The molecule has 0 spiro atoms. The summed E-state index contributed by atoms with van der Waals surface area (Å²) in [5.41, 5.74) is 9.20. The fraction of sp³-hybridized carbons (Fsp3) is 0.259. The lowest BCUT2D eigenvalue weighted by atomic mass is 9.97. The molecule has 1 aliphatic carbocycles. The van der Waals surface area contributed by atoms with Gasteiger partial charge in [-0.1, -0.05) is 47.7 Å². The molecule has 184 valence electrons. The summed E-state index contributed by atoms with van der Waals surface area (Å²) in [7, 11) is 0. The first-order chi connectivity index (χ1) is 17.4. The van der Waals surface area contributed by atoms with E-state index in [1.807, 2.05) is 38.1 Å². The maximum Gasteiger partial charge on any atom is 0.269 e. The molecule has 2 aromatic carbocycles. The molecular weight excluding hydrogens is 492 g/mol. The summed E-state index contributed by atoms with van der Waals surface area (Å²) in [6.45, 7) is 3.99. The van der Waals surface area contributed by atoms with E-state index in [4.69, 9.17) is 4.98 Å². The predicted molar refractivity (Wildman–Crippen MR) is 144 cm³/mol. The molecule has 0 unspecified atom stereocenters. The predicted octanol–water partition coefficient (Wildman–Crippen LogP) is 4.50. The van der Waals surface area contributed by atoms with E-state index in [9.17, 15) is 14.4 Å². The first kappa shape index (κ1) is 24.3. The van der Waals surface area contributed by atoms with Crippen LogP contribution >= 0.6 is 23.1 Å². The molecule has 5 rings (SSSR count). The van der Waals surface area contributed by atoms with Crippen LogP contribution in [0.25, 0.3) is 15.9 Å². The van der Waals surface area contributed by atoms with Gasteiger partial charge in [-0.2, -0.15) is 0 Å². The number of hydrogen-bond donors (Lipinski definition) is 2. The average Bonchev–Trinajstić information content (AvgIpc) is 3.26.